The number of aryl methyl sites for hydroxylation is 1. The quantitative estimate of drug-likeness (QED) is 0.423. The maximum absolute atomic E-state index is 12.3. The highest BCUT2D eigenvalue weighted by Gasteiger charge is 2.17. The van der Waals surface area contributed by atoms with Gasteiger partial charge in [-0.05, 0) is 6.92 Å². The topological polar surface area (TPSA) is 12.9 Å². The van der Waals surface area contributed by atoms with Gasteiger partial charge >= 0.3 is 0 Å². The van der Waals surface area contributed by atoms with Crippen molar-refractivity contribution in [3.8, 4) is 0 Å². The normalized spacial score (nSPS) is 10.3. The second-order valence-electron chi connectivity index (χ2n) is 1.93. The maximum Gasteiger partial charge on any atom is 0.252 e. The van der Waals surface area contributed by atoms with Crippen LogP contribution in [0.5, 0.6) is 0 Å². The Kier molecular flexibility index (Phi) is 1.80. The minimum Gasteiger partial charge on any atom is -0.219 e. The molecule has 0 spiro atoms. The summed E-state index contributed by atoms with van der Waals surface area (Å²) in [5, 5.41) is 0. The van der Waals surface area contributed by atoms with E-state index in [9.17, 15) is 17.6 Å². The molecule has 0 saturated heterocycles. The molecule has 1 nitrogen and oxygen atoms in total. The molecule has 1 heterocycles. The number of hydrogen-bond acceptors (Lipinski definition) is 1. The Morgan fingerprint density at radius 2 is 1.45 bits per heavy atom. The van der Waals surface area contributed by atoms with Crippen LogP contribution in [0.15, 0.2) is 0 Å². The Morgan fingerprint density at radius 3 is 2.00 bits per heavy atom. The monoisotopic (exact) mass is 165 g/mol. The van der Waals surface area contributed by atoms with Gasteiger partial charge in [0, 0.05) is 0 Å². The minimum absolute atomic E-state index is 0.499. The third-order valence-electron chi connectivity index (χ3n) is 1.15. The second kappa shape index (κ2) is 2.48. The van der Waals surface area contributed by atoms with Crippen LogP contribution in [0.4, 0.5) is 17.6 Å². The van der Waals surface area contributed by atoms with Crippen LogP contribution >= 0.6 is 0 Å². The first-order valence-corrected chi connectivity index (χ1v) is 2.70. The van der Waals surface area contributed by atoms with Crippen LogP contribution in [-0.4, -0.2) is 4.98 Å². The van der Waals surface area contributed by atoms with E-state index >= 15 is 0 Å². The van der Waals surface area contributed by atoms with Crippen LogP contribution in [-0.2, 0) is 0 Å². The molecule has 1 aromatic rings. The average Bonchev–Trinajstić information content (AvgIpc) is 1.97. The Labute approximate surface area is 59.7 Å². The molecule has 60 valence electrons. The Bertz CT molecular complexity index is 271. The largest absolute Gasteiger partial charge is 0.252 e. The van der Waals surface area contributed by atoms with Crippen molar-refractivity contribution in [1.29, 1.82) is 0 Å². The van der Waals surface area contributed by atoms with E-state index < -0.39 is 29.1 Å². The fraction of sp³-hybridized carbons (Fsp3) is 0.167. The van der Waals surface area contributed by atoms with Gasteiger partial charge in [-0.1, -0.05) is 0 Å². The molecular formula is C6H3F4N. The van der Waals surface area contributed by atoms with E-state index in [-0.39, 0.29) is 0 Å². The molecule has 0 aliphatic heterocycles. The number of hydrogen-bond donors (Lipinski definition) is 0. The lowest BCUT2D eigenvalue weighted by molar-refractivity contribution is 0.386. The molecule has 1 aromatic heterocycles. The van der Waals surface area contributed by atoms with Crippen molar-refractivity contribution in [2.24, 2.45) is 0 Å². The van der Waals surface area contributed by atoms with Crippen molar-refractivity contribution < 1.29 is 17.6 Å². The lowest BCUT2D eigenvalue weighted by Crippen LogP contribution is -2.02. The SMILES string of the molecule is Cc1nc(F)c(F)c(F)c1F. The summed E-state index contributed by atoms with van der Waals surface area (Å²) in [6.45, 7) is 1.04. The lowest BCUT2D eigenvalue weighted by Gasteiger charge is -1.98. The molecule has 0 unspecified atom stereocenters. The predicted molar refractivity (Wildman–Crippen MR) is 28.8 cm³/mol. The van der Waals surface area contributed by atoms with Crippen LogP contribution in [0.1, 0.15) is 5.69 Å². The van der Waals surface area contributed by atoms with Crippen molar-refractivity contribution >= 4 is 0 Å². The van der Waals surface area contributed by atoms with Gasteiger partial charge in [-0.25, -0.2) is 13.8 Å². The molecule has 1 rings (SSSR count). The van der Waals surface area contributed by atoms with Crippen LogP contribution in [0.25, 0.3) is 0 Å². The molecule has 0 amide bonds. The van der Waals surface area contributed by atoms with Gasteiger partial charge in [0.1, 0.15) is 0 Å². The fourth-order valence-corrected chi connectivity index (χ4v) is 0.591. The molecule has 0 aromatic carbocycles. The van der Waals surface area contributed by atoms with Crippen LogP contribution in [0, 0.1) is 30.3 Å². The highest BCUT2D eigenvalue weighted by molar-refractivity contribution is 5.10. The second-order valence-corrected chi connectivity index (χ2v) is 1.93. The van der Waals surface area contributed by atoms with Gasteiger partial charge in [-0.3, -0.25) is 0 Å². The summed E-state index contributed by atoms with van der Waals surface area (Å²) in [7, 11) is 0. The first kappa shape index (κ1) is 7.97. The minimum atomic E-state index is -1.88. The summed E-state index contributed by atoms with van der Waals surface area (Å²) in [6, 6.07) is 0. The molecule has 0 N–H and O–H groups in total. The molecule has 0 saturated carbocycles. The van der Waals surface area contributed by atoms with E-state index in [2.05, 4.69) is 4.98 Å². The first-order valence-electron chi connectivity index (χ1n) is 2.70. The van der Waals surface area contributed by atoms with E-state index in [0.717, 1.165) is 6.92 Å². The summed E-state index contributed by atoms with van der Waals surface area (Å²) in [5.74, 6) is -6.78. The first-order chi connectivity index (χ1) is 5.04. The van der Waals surface area contributed by atoms with Crippen molar-refractivity contribution in [3.63, 3.8) is 0 Å². The molecule has 0 fully saturated rings. The number of rotatable bonds is 0. The fourth-order valence-electron chi connectivity index (χ4n) is 0.591. The van der Waals surface area contributed by atoms with Crippen molar-refractivity contribution in [1.82, 2.24) is 4.98 Å². The number of pyridine rings is 1. The summed E-state index contributed by atoms with van der Waals surface area (Å²) in [5.41, 5.74) is -0.499. The smallest absolute Gasteiger partial charge is 0.219 e. The number of halogens is 4. The zero-order chi connectivity index (χ0) is 8.59. The van der Waals surface area contributed by atoms with Gasteiger partial charge in [-0.15, -0.1) is 0 Å². The molecule has 0 atom stereocenters. The van der Waals surface area contributed by atoms with Crippen LogP contribution in [0.3, 0.4) is 0 Å². The predicted octanol–water partition coefficient (Wildman–Crippen LogP) is 1.95. The summed E-state index contributed by atoms with van der Waals surface area (Å²) < 4.78 is 48.8. The molecular weight excluding hydrogens is 162 g/mol. The Balaban J connectivity index is 3.46. The van der Waals surface area contributed by atoms with E-state index in [0.29, 0.717) is 0 Å². The standard InChI is InChI=1S/C6H3F4N/c1-2-3(7)4(8)5(9)6(10)11-2/h1H3. The van der Waals surface area contributed by atoms with Gasteiger partial charge in [0.25, 0.3) is 5.95 Å². The van der Waals surface area contributed by atoms with Gasteiger partial charge in [-0.2, -0.15) is 8.78 Å². The molecule has 5 heteroatoms. The van der Waals surface area contributed by atoms with Gasteiger partial charge in [0.05, 0.1) is 5.69 Å². The van der Waals surface area contributed by atoms with E-state index in [1.54, 1.807) is 0 Å². The zero-order valence-corrected chi connectivity index (χ0v) is 5.46. The summed E-state index contributed by atoms with van der Waals surface area (Å²) in [4.78, 5) is 2.78. The zero-order valence-electron chi connectivity index (χ0n) is 5.46. The Hall–Kier alpha value is -1.13. The molecule has 0 aliphatic rings. The molecule has 11 heavy (non-hydrogen) atoms. The molecule has 0 aliphatic carbocycles. The summed E-state index contributed by atoms with van der Waals surface area (Å²) >= 11 is 0. The van der Waals surface area contributed by atoms with Crippen LogP contribution in [0.2, 0.25) is 0 Å². The average molecular weight is 165 g/mol. The van der Waals surface area contributed by atoms with Gasteiger partial charge < -0.3 is 0 Å². The highest BCUT2D eigenvalue weighted by Crippen LogP contribution is 2.14. The third kappa shape index (κ3) is 1.18. The van der Waals surface area contributed by atoms with Crippen molar-refractivity contribution in [3.05, 3.63) is 29.1 Å². The van der Waals surface area contributed by atoms with Crippen molar-refractivity contribution in [2.75, 3.05) is 0 Å². The van der Waals surface area contributed by atoms with E-state index in [1.165, 1.54) is 0 Å². The summed E-state index contributed by atoms with van der Waals surface area (Å²) in [6.07, 6.45) is 0. The number of aromatic nitrogens is 1. The maximum atomic E-state index is 12.3. The van der Waals surface area contributed by atoms with Crippen LogP contribution < -0.4 is 0 Å². The lowest BCUT2D eigenvalue weighted by atomic mass is 10.3. The molecule has 0 bridgehead atoms. The third-order valence-corrected chi connectivity index (χ3v) is 1.15. The number of nitrogens with zero attached hydrogens (tertiary/aromatic N) is 1. The van der Waals surface area contributed by atoms with E-state index in [1.807, 2.05) is 0 Å². The van der Waals surface area contributed by atoms with Crippen molar-refractivity contribution in [2.45, 2.75) is 6.92 Å². The van der Waals surface area contributed by atoms with E-state index in [4.69, 9.17) is 0 Å². The van der Waals surface area contributed by atoms with Gasteiger partial charge in [0.2, 0.25) is 11.6 Å². The highest BCUT2D eigenvalue weighted by atomic mass is 19.2. The van der Waals surface area contributed by atoms with Gasteiger partial charge in [0.15, 0.2) is 5.82 Å². The Morgan fingerprint density at radius 1 is 0.909 bits per heavy atom. The molecule has 0 radical (unpaired) electrons.